The van der Waals surface area contributed by atoms with Crippen LogP contribution in [0.3, 0.4) is 0 Å². The van der Waals surface area contributed by atoms with E-state index in [0.717, 1.165) is 25.3 Å². The van der Waals surface area contributed by atoms with Crippen LogP contribution in [0.4, 0.5) is 10.3 Å². The van der Waals surface area contributed by atoms with Gasteiger partial charge in [-0.05, 0) is 23.8 Å². The molecular formula is C19H18FN7O. The molecule has 8 nitrogen and oxygen atoms in total. The van der Waals surface area contributed by atoms with E-state index in [0.29, 0.717) is 23.3 Å². The maximum Gasteiger partial charge on any atom is 0.228 e. The highest BCUT2D eigenvalue weighted by Gasteiger charge is 2.20. The lowest BCUT2D eigenvalue weighted by Crippen LogP contribution is -2.20. The van der Waals surface area contributed by atoms with Crippen molar-refractivity contribution >= 4 is 22.5 Å². The smallest absolute Gasteiger partial charge is 0.228 e. The van der Waals surface area contributed by atoms with Gasteiger partial charge in [-0.3, -0.25) is 9.88 Å². The molecule has 0 spiro atoms. The summed E-state index contributed by atoms with van der Waals surface area (Å²) >= 11 is 0. The number of nitrogens with two attached hydrogens (primary N) is 1. The number of benzene rings is 1. The van der Waals surface area contributed by atoms with Crippen LogP contribution in [0.15, 0.2) is 36.5 Å². The summed E-state index contributed by atoms with van der Waals surface area (Å²) in [5.41, 5.74) is 9.05. The molecule has 0 amide bonds. The number of hydrogen-bond donors (Lipinski definition) is 1. The van der Waals surface area contributed by atoms with E-state index in [9.17, 15) is 4.39 Å². The van der Waals surface area contributed by atoms with Crippen LogP contribution < -0.4 is 10.5 Å². The molecule has 0 atom stereocenters. The first kappa shape index (κ1) is 14.7. The van der Waals surface area contributed by atoms with Crippen LogP contribution in [0, 0.1) is 0 Å². The van der Waals surface area contributed by atoms with Crippen LogP contribution in [-0.2, 0) is 19.5 Å². The standard InChI is InChI=1S/C19H18FN7O/c20-11-28-15-5-1-4-13-17(15)24-19(21)27-18(13)23-16(25-27)6-8-26-9-12-3-2-7-22-14(12)10-26/h1-5,7H,6,8-11H2,(H2,21,24)/i11D2. The van der Waals surface area contributed by atoms with E-state index < -0.39 is 6.81 Å². The van der Waals surface area contributed by atoms with Crippen molar-refractivity contribution in [2.75, 3.05) is 19.1 Å². The highest BCUT2D eigenvalue weighted by atomic mass is 19.1. The molecule has 28 heavy (non-hydrogen) atoms. The SMILES string of the molecule is [2H]C([2H])(F)Oc1cccc2c1nc(N)n1nc(CCN3Cc4cccnc4C3)nc21. The summed E-state index contributed by atoms with van der Waals surface area (Å²) in [5, 5.41) is 5.01. The van der Waals surface area contributed by atoms with E-state index in [2.05, 4.69) is 31.0 Å². The molecule has 0 saturated heterocycles. The van der Waals surface area contributed by atoms with Gasteiger partial charge in [0.25, 0.3) is 0 Å². The van der Waals surface area contributed by atoms with Crippen LogP contribution in [0.25, 0.3) is 16.6 Å². The Kier molecular flexibility index (Phi) is 3.51. The zero-order valence-corrected chi connectivity index (χ0v) is 14.8. The summed E-state index contributed by atoms with van der Waals surface area (Å²) < 4.78 is 33.6. The Morgan fingerprint density at radius 3 is 3.00 bits per heavy atom. The van der Waals surface area contributed by atoms with E-state index in [4.69, 9.17) is 13.2 Å². The van der Waals surface area contributed by atoms with E-state index in [1.54, 1.807) is 18.3 Å². The van der Waals surface area contributed by atoms with Crippen molar-refractivity contribution in [1.82, 2.24) is 29.5 Å². The number of rotatable bonds is 5. The maximum absolute atomic E-state index is 13.4. The second-order valence-electron chi connectivity index (χ2n) is 6.63. The molecule has 1 aliphatic heterocycles. The van der Waals surface area contributed by atoms with Gasteiger partial charge in [0.05, 0.1) is 5.69 Å². The van der Waals surface area contributed by atoms with Gasteiger partial charge in [0.1, 0.15) is 14.0 Å². The summed E-state index contributed by atoms with van der Waals surface area (Å²) in [6, 6.07) is 8.81. The third kappa shape index (κ3) is 2.80. The van der Waals surface area contributed by atoms with Crippen molar-refractivity contribution in [3.05, 3.63) is 53.6 Å². The van der Waals surface area contributed by atoms with Gasteiger partial charge in [0.15, 0.2) is 11.5 Å². The number of anilines is 1. The lowest BCUT2D eigenvalue weighted by Gasteiger charge is -2.12. The van der Waals surface area contributed by atoms with Gasteiger partial charge in [0, 0.05) is 37.6 Å². The fraction of sp³-hybridized carbons (Fsp3) is 0.263. The third-order valence-electron chi connectivity index (χ3n) is 4.89. The fourth-order valence-electron chi connectivity index (χ4n) is 3.58. The largest absolute Gasteiger partial charge is 0.461 e. The molecule has 1 aromatic carbocycles. The van der Waals surface area contributed by atoms with Crippen molar-refractivity contribution in [3.63, 3.8) is 0 Å². The molecule has 0 fully saturated rings. The number of alkyl halides is 1. The summed E-state index contributed by atoms with van der Waals surface area (Å²) in [6.07, 6.45) is 2.42. The number of aromatic nitrogens is 5. The van der Waals surface area contributed by atoms with Crippen LogP contribution in [0.2, 0.25) is 0 Å². The fourth-order valence-corrected chi connectivity index (χ4v) is 3.58. The molecule has 9 heteroatoms. The quantitative estimate of drug-likeness (QED) is 0.566. The predicted octanol–water partition coefficient (Wildman–Crippen LogP) is 2.12. The average molecular weight is 381 g/mol. The van der Waals surface area contributed by atoms with Crippen LogP contribution >= 0.6 is 0 Å². The van der Waals surface area contributed by atoms with Gasteiger partial charge in [-0.25, -0.2) is 14.4 Å². The molecule has 0 bridgehead atoms. The summed E-state index contributed by atoms with van der Waals surface area (Å²) in [6.45, 7) is -0.941. The molecule has 0 radical (unpaired) electrons. The Labute approximate surface area is 162 Å². The van der Waals surface area contributed by atoms with Crippen LogP contribution in [0.1, 0.15) is 19.8 Å². The first-order chi connectivity index (χ1) is 14.4. The van der Waals surface area contributed by atoms with Crippen molar-refractivity contribution < 1.29 is 11.9 Å². The van der Waals surface area contributed by atoms with Crippen molar-refractivity contribution in [2.45, 2.75) is 19.5 Å². The van der Waals surface area contributed by atoms with Crippen molar-refractivity contribution in [3.8, 4) is 5.75 Å². The van der Waals surface area contributed by atoms with Gasteiger partial charge in [0.2, 0.25) is 12.8 Å². The van der Waals surface area contributed by atoms with Gasteiger partial charge in [-0.1, -0.05) is 12.1 Å². The summed E-state index contributed by atoms with van der Waals surface area (Å²) in [7, 11) is 0. The van der Waals surface area contributed by atoms with E-state index in [-0.39, 0.29) is 17.2 Å². The minimum absolute atomic E-state index is 0.0546. The molecule has 4 aromatic rings. The molecule has 0 aliphatic carbocycles. The third-order valence-corrected chi connectivity index (χ3v) is 4.89. The molecular weight excluding hydrogens is 361 g/mol. The number of hydrogen-bond acceptors (Lipinski definition) is 7. The summed E-state index contributed by atoms with van der Waals surface area (Å²) in [4.78, 5) is 15.5. The first-order valence-electron chi connectivity index (χ1n) is 9.84. The van der Waals surface area contributed by atoms with E-state index in [1.165, 1.54) is 16.1 Å². The molecule has 0 saturated carbocycles. The van der Waals surface area contributed by atoms with Gasteiger partial charge in [-0.2, -0.15) is 4.52 Å². The Balaban J connectivity index is 1.43. The monoisotopic (exact) mass is 381 g/mol. The minimum Gasteiger partial charge on any atom is -0.461 e. The average Bonchev–Trinajstić information content (AvgIpc) is 3.30. The predicted molar refractivity (Wildman–Crippen MR) is 101 cm³/mol. The molecule has 1 aliphatic rings. The molecule has 0 unspecified atom stereocenters. The Morgan fingerprint density at radius 2 is 2.14 bits per heavy atom. The number of para-hydroxylation sites is 1. The molecule has 142 valence electrons. The van der Waals surface area contributed by atoms with E-state index in [1.807, 2.05) is 6.07 Å². The number of halogens is 1. The van der Waals surface area contributed by atoms with Gasteiger partial charge in [-0.15, -0.1) is 5.10 Å². The Bertz CT molecular complexity index is 1230. The number of ether oxygens (including phenoxy) is 1. The summed E-state index contributed by atoms with van der Waals surface area (Å²) in [5.74, 6) is 0.609. The van der Waals surface area contributed by atoms with Gasteiger partial charge >= 0.3 is 0 Å². The topological polar surface area (TPSA) is 94.5 Å². The minimum atomic E-state index is -3.34. The highest BCUT2D eigenvalue weighted by molar-refractivity contribution is 5.95. The maximum atomic E-state index is 13.4. The number of nitrogen functional groups attached to an aromatic ring is 1. The number of nitrogens with zero attached hydrogens (tertiary/aromatic N) is 6. The van der Waals surface area contributed by atoms with Crippen molar-refractivity contribution in [2.24, 2.45) is 0 Å². The van der Waals surface area contributed by atoms with Crippen LogP contribution in [0.5, 0.6) is 5.75 Å². The molecule has 2 N–H and O–H groups in total. The lowest BCUT2D eigenvalue weighted by atomic mass is 10.2. The zero-order chi connectivity index (χ0) is 20.9. The second-order valence-corrected chi connectivity index (χ2v) is 6.63. The second kappa shape index (κ2) is 6.68. The molecule has 5 rings (SSSR count). The number of fused-ring (bicyclic) bond motifs is 4. The normalized spacial score (nSPS) is 15.6. The molecule has 4 heterocycles. The van der Waals surface area contributed by atoms with E-state index >= 15 is 0 Å². The van der Waals surface area contributed by atoms with Crippen LogP contribution in [-0.4, -0.2) is 42.8 Å². The molecule has 3 aromatic heterocycles. The Morgan fingerprint density at radius 1 is 1.21 bits per heavy atom. The highest BCUT2D eigenvalue weighted by Crippen LogP contribution is 2.28. The zero-order valence-electron chi connectivity index (χ0n) is 16.8. The number of pyridine rings is 1. The van der Waals surface area contributed by atoms with Gasteiger partial charge < -0.3 is 10.5 Å². The van der Waals surface area contributed by atoms with Crippen molar-refractivity contribution in [1.29, 1.82) is 0 Å². The first-order valence-corrected chi connectivity index (χ1v) is 8.84. The lowest BCUT2D eigenvalue weighted by molar-refractivity contribution is 0.193. The Hall–Kier alpha value is -3.33.